The molecule has 0 saturated heterocycles. The first-order valence-corrected chi connectivity index (χ1v) is 9.23. The van der Waals surface area contributed by atoms with Gasteiger partial charge in [0.25, 0.3) is 0 Å². The Morgan fingerprint density at radius 2 is 1.93 bits per heavy atom. The fourth-order valence-corrected chi connectivity index (χ4v) is 3.04. The number of benzene rings is 2. The molecule has 3 aromatic rings. The molecule has 0 aliphatic carbocycles. The lowest BCUT2D eigenvalue weighted by Crippen LogP contribution is -2.42. The van der Waals surface area contributed by atoms with Gasteiger partial charge < -0.3 is 15.6 Å². The number of carbonyl (C=O) groups excluding carboxylic acids is 1. The SMILES string of the molecule is Cc1cccc(CCNC(=O)[C@@H](N)Cc2cn(Cc3ccccc3)cn2)c1. The highest BCUT2D eigenvalue weighted by atomic mass is 16.2. The summed E-state index contributed by atoms with van der Waals surface area (Å²) in [4.78, 5) is 16.6. The Labute approximate surface area is 160 Å². The molecular formula is C22H26N4O. The Kier molecular flexibility index (Phi) is 6.39. The molecule has 0 unspecified atom stereocenters. The largest absolute Gasteiger partial charge is 0.354 e. The summed E-state index contributed by atoms with van der Waals surface area (Å²) in [5.74, 6) is -0.139. The molecule has 5 heteroatoms. The molecule has 3 N–H and O–H groups in total. The van der Waals surface area contributed by atoms with Gasteiger partial charge in [-0.05, 0) is 24.5 Å². The second-order valence-corrected chi connectivity index (χ2v) is 6.86. The molecule has 0 bridgehead atoms. The molecule has 27 heavy (non-hydrogen) atoms. The number of rotatable bonds is 8. The lowest BCUT2D eigenvalue weighted by Gasteiger charge is -2.11. The fraction of sp³-hybridized carbons (Fsp3) is 0.273. The molecule has 0 aliphatic heterocycles. The van der Waals surface area contributed by atoms with Crippen molar-refractivity contribution in [2.75, 3.05) is 6.54 Å². The number of amides is 1. The Bertz CT molecular complexity index is 873. The number of nitrogens with one attached hydrogen (secondary N) is 1. The number of nitrogens with zero attached hydrogens (tertiary/aromatic N) is 2. The van der Waals surface area contributed by atoms with Crippen LogP contribution in [0.1, 0.15) is 22.4 Å². The van der Waals surface area contributed by atoms with Gasteiger partial charge >= 0.3 is 0 Å². The number of hydrogen-bond acceptors (Lipinski definition) is 3. The van der Waals surface area contributed by atoms with Crippen LogP contribution in [0.4, 0.5) is 0 Å². The minimum absolute atomic E-state index is 0.139. The normalized spacial score (nSPS) is 11.9. The molecule has 0 radical (unpaired) electrons. The van der Waals surface area contributed by atoms with Gasteiger partial charge in [0, 0.05) is 25.7 Å². The first-order chi connectivity index (χ1) is 13.1. The smallest absolute Gasteiger partial charge is 0.237 e. The highest BCUT2D eigenvalue weighted by Gasteiger charge is 2.15. The molecule has 1 heterocycles. The van der Waals surface area contributed by atoms with Gasteiger partial charge in [0.15, 0.2) is 0 Å². The molecule has 2 aromatic carbocycles. The van der Waals surface area contributed by atoms with Gasteiger partial charge in [-0.15, -0.1) is 0 Å². The second-order valence-electron chi connectivity index (χ2n) is 6.86. The predicted molar refractivity (Wildman–Crippen MR) is 107 cm³/mol. The zero-order valence-corrected chi connectivity index (χ0v) is 15.6. The number of nitrogens with two attached hydrogens (primary N) is 1. The van der Waals surface area contributed by atoms with Crippen LogP contribution in [0.2, 0.25) is 0 Å². The van der Waals surface area contributed by atoms with Crippen molar-refractivity contribution < 1.29 is 4.79 Å². The summed E-state index contributed by atoms with van der Waals surface area (Å²) in [7, 11) is 0. The van der Waals surface area contributed by atoms with Crippen molar-refractivity contribution in [3.05, 3.63) is 89.5 Å². The van der Waals surface area contributed by atoms with E-state index >= 15 is 0 Å². The van der Waals surface area contributed by atoms with Crippen LogP contribution < -0.4 is 11.1 Å². The number of imidazole rings is 1. The first kappa shape index (κ1) is 18.9. The van der Waals surface area contributed by atoms with Crippen molar-refractivity contribution in [3.63, 3.8) is 0 Å². The molecule has 0 saturated carbocycles. The molecule has 140 valence electrons. The topological polar surface area (TPSA) is 72.9 Å². The van der Waals surface area contributed by atoms with Crippen LogP contribution in [0.3, 0.4) is 0 Å². The van der Waals surface area contributed by atoms with E-state index in [1.807, 2.05) is 35.0 Å². The zero-order valence-electron chi connectivity index (χ0n) is 15.6. The van der Waals surface area contributed by atoms with Crippen molar-refractivity contribution in [1.29, 1.82) is 0 Å². The van der Waals surface area contributed by atoms with E-state index in [-0.39, 0.29) is 5.91 Å². The van der Waals surface area contributed by atoms with E-state index in [4.69, 9.17) is 5.73 Å². The van der Waals surface area contributed by atoms with E-state index in [0.29, 0.717) is 13.0 Å². The summed E-state index contributed by atoms with van der Waals surface area (Å²) >= 11 is 0. The maximum Gasteiger partial charge on any atom is 0.237 e. The molecule has 0 fully saturated rings. The Hall–Kier alpha value is -2.92. The van der Waals surface area contributed by atoms with Gasteiger partial charge in [-0.1, -0.05) is 60.2 Å². The molecule has 0 aliphatic rings. The Morgan fingerprint density at radius 1 is 1.15 bits per heavy atom. The van der Waals surface area contributed by atoms with E-state index in [9.17, 15) is 4.79 Å². The van der Waals surface area contributed by atoms with E-state index in [1.165, 1.54) is 16.7 Å². The van der Waals surface area contributed by atoms with Crippen LogP contribution in [0.25, 0.3) is 0 Å². The van der Waals surface area contributed by atoms with Gasteiger partial charge in [0.05, 0.1) is 18.1 Å². The highest BCUT2D eigenvalue weighted by molar-refractivity contribution is 5.81. The van der Waals surface area contributed by atoms with Crippen molar-refractivity contribution in [1.82, 2.24) is 14.9 Å². The molecule has 1 aromatic heterocycles. The number of hydrogen-bond donors (Lipinski definition) is 2. The molecule has 1 amide bonds. The first-order valence-electron chi connectivity index (χ1n) is 9.23. The van der Waals surface area contributed by atoms with Gasteiger partial charge in [-0.25, -0.2) is 4.98 Å². The third-order valence-electron chi connectivity index (χ3n) is 4.46. The molecule has 1 atom stereocenters. The average Bonchev–Trinajstić information content (AvgIpc) is 3.09. The predicted octanol–water partition coefficient (Wildman–Crippen LogP) is 2.47. The summed E-state index contributed by atoms with van der Waals surface area (Å²) in [5.41, 5.74) is 10.5. The van der Waals surface area contributed by atoms with Gasteiger partial charge in [0.1, 0.15) is 0 Å². The van der Waals surface area contributed by atoms with Crippen LogP contribution >= 0.6 is 0 Å². The van der Waals surface area contributed by atoms with E-state index in [2.05, 4.69) is 47.6 Å². The van der Waals surface area contributed by atoms with E-state index < -0.39 is 6.04 Å². The quantitative estimate of drug-likeness (QED) is 0.646. The van der Waals surface area contributed by atoms with Gasteiger partial charge in [-0.2, -0.15) is 0 Å². The van der Waals surface area contributed by atoms with Crippen molar-refractivity contribution in [3.8, 4) is 0 Å². The van der Waals surface area contributed by atoms with Crippen molar-refractivity contribution in [2.45, 2.75) is 32.4 Å². The summed E-state index contributed by atoms with van der Waals surface area (Å²) in [6, 6.07) is 17.9. The lowest BCUT2D eigenvalue weighted by atomic mass is 10.1. The van der Waals surface area contributed by atoms with Crippen LogP contribution in [0.5, 0.6) is 0 Å². The standard InChI is InChI=1S/C22H26N4O/c1-17-6-5-9-18(12-17)10-11-24-22(27)21(23)13-20-15-26(16-25-20)14-19-7-3-2-4-8-19/h2-9,12,15-16,21H,10-11,13-14,23H2,1H3,(H,24,27)/t21-/m0/s1. The Morgan fingerprint density at radius 3 is 2.70 bits per heavy atom. The van der Waals surface area contributed by atoms with Crippen LogP contribution in [-0.2, 0) is 24.2 Å². The van der Waals surface area contributed by atoms with Crippen LogP contribution in [0.15, 0.2) is 67.1 Å². The maximum absolute atomic E-state index is 12.2. The van der Waals surface area contributed by atoms with E-state index in [0.717, 1.165) is 18.7 Å². The van der Waals surface area contributed by atoms with Crippen molar-refractivity contribution >= 4 is 5.91 Å². The molecule has 3 rings (SSSR count). The fourth-order valence-electron chi connectivity index (χ4n) is 3.04. The third kappa shape index (κ3) is 5.79. The molecule has 0 spiro atoms. The van der Waals surface area contributed by atoms with Gasteiger partial charge in [0.2, 0.25) is 5.91 Å². The van der Waals surface area contributed by atoms with Gasteiger partial charge in [-0.3, -0.25) is 4.79 Å². The minimum Gasteiger partial charge on any atom is -0.354 e. The zero-order chi connectivity index (χ0) is 19.1. The number of aryl methyl sites for hydroxylation is 1. The minimum atomic E-state index is -0.595. The van der Waals surface area contributed by atoms with Crippen LogP contribution in [0, 0.1) is 6.92 Å². The monoisotopic (exact) mass is 362 g/mol. The summed E-state index contributed by atoms with van der Waals surface area (Å²) in [6.07, 6.45) is 4.96. The number of aromatic nitrogens is 2. The number of carbonyl (C=O) groups is 1. The van der Waals surface area contributed by atoms with E-state index in [1.54, 1.807) is 6.33 Å². The third-order valence-corrected chi connectivity index (χ3v) is 4.46. The summed E-state index contributed by atoms with van der Waals surface area (Å²) < 4.78 is 2.01. The molecular weight excluding hydrogens is 336 g/mol. The maximum atomic E-state index is 12.2. The summed E-state index contributed by atoms with van der Waals surface area (Å²) in [5, 5.41) is 2.92. The Balaban J connectivity index is 1.45. The highest BCUT2D eigenvalue weighted by Crippen LogP contribution is 2.06. The lowest BCUT2D eigenvalue weighted by molar-refractivity contribution is -0.122. The average molecular weight is 362 g/mol. The molecule has 5 nitrogen and oxygen atoms in total. The summed E-state index contributed by atoms with van der Waals surface area (Å²) in [6.45, 7) is 3.40. The van der Waals surface area contributed by atoms with Crippen molar-refractivity contribution in [2.24, 2.45) is 5.73 Å². The second kappa shape index (κ2) is 9.14. The van der Waals surface area contributed by atoms with Crippen LogP contribution in [-0.4, -0.2) is 28.0 Å².